The molecule has 30 heavy (non-hydrogen) atoms. The van der Waals surface area contributed by atoms with E-state index >= 15 is 0 Å². The van der Waals surface area contributed by atoms with Crippen molar-refractivity contribution in [3.63, 3.8) is 0 Å². The van der Waals surface area contributed by atoms with Crippen LogP contribution in [-0.4, -0.2) is 46.3 Å². The van der Waals surface area contributed by atoms with E-state index in [9.17, 15) is 18.3 Å². The number of aromatic nitrogens is 2. The highest BCUT2D eigenvalue weighted by atomic mass is 19.4. The Balaban J connectivity index is 1.66. The van der Waals surface area contributed by atoms with Gasteiger partial charge in [0.1, 0.15) is 0 Å². The van der Waals surface area contributed by atoms with E-state index in [0.717, 1.165) is 17.7 Å². The largest absolute Gasteiger partial charge is 0.478 e. The van der Waals surface area contributed by atoms with Gasteiger partial charge in [0.05, 0.1) is 29.9 Å². The highest BCUT2D eigenvalue weighted by Crippen LogP contribution is 2.38. The molecule has 0 saturated carbocycles. The molecule has 2 aromatic rings. The second-order valence-corrected chi connectivity index (χ2v) is 7.24. The number of ether oxygens (including phenoxy) is 2. The van der Waals surface area contributed by atoms with E-state index in [1.165, 1.54) is 12.1 Å². The fraction of sp³-hybridized carbons (Fsp3) is 0.524. The average molecular weight is 425 g/mol. The van der Waals surface area contributed by atoms with E-state index < -0.39 is 17.3 Å². The number of benzene rings is 1. The first-order valence-electron chi connectivity index (χ1n) is 9.99. The van der Waals surface area contributed by atoms with E-state index in [0.29, 0.717) is 57.1 Å². The fourth-order valence-electron chi connectivity index (χ4n) is 3.52. The van der Waals surface area contributed by atoms with Crippen LogP contribution in [0.25, 0.3) is 0 Å². The third-order valence-electron chi connectivity index (χ3n) is 5.16. The molecule has 1 aliphatic heterocycles. The molecule has 1 saturated heterocycles. The van der Waals surface area contributed by atoms with Crippen molar-refractivity contribution in [1.82, 2.24) is 14.9 Å². The Labute approximate surface area is 173 Å². The second kappa shape index (κ2) is 9.18. The minimum atomic E-state index is -4.34. The highest BCUT2D eigenvalue weighted by molar-refractivity contribution is 5.32. The lowest BCUT2D eigenvalue weighted by atomic mass is 9.85. The molecule has 0 bridgehead atoms. The minimum Gasteiger partial charge on any atom is -0.478 e. The van der Waals surface area contributed by atoms with Crippen molar-refractivity contribution in [2.75, 3.05) is 26.3 Å². The summed E-state index contributed by atoms with van der Waals surface area (Å²) in [5.74, 6) is 0.314. The van der Waals surface area contributed by atoms with Gasteiger partial charge in [-0.1, -0.05) is 12.1 Å². The molecule has 3 rings (SSSR count). The zero-order chi connectivity index (χ0) is 21.8. The van der Waals surface area contributed by atoms with Crippen molar-refractivity contribution in [1.29, 1.82) is 0 Å². The monoisotopic (exact) mass is 425 g/mol. The zero-order valence-corrected chi connectivity index (χ0v) is 17.1. The SMILES string of the molecule is CCOc1ncc(C2(O)CCN(Cc3ccc(C(F)(F)F)cc3)CC2)c(OCC)n1. The molecule has 0 radical (unpaired) electrons. The van der Waals surface area contributed by atoms with Crippen LogP contribution in [0.3, 0.4) is 0 Å². The summed E-state index contributed by atoms with van der Waals surface area (Å²) in [7, 11) is 0. The van der Waals surface area contributed by atoms with Crippen molar-refractivity contribution in [3.8, 4) is 11.9 Å². The quantitative estimate of drug-likeness (QED) is 0.728. The molecule has 0 aliphatic carbocycles. The highest BCUT2D eigenvalue weighted by Gasteiger charge is 2.38. The Morgan fingerprint density at radius 2 is 1.70 bits per heavy atom. The number of alkyl halides is 3. The minimum absolute atomic E-state index is 0.202. The van der Waals surface area contributed by atoms with Gasteiger partial charge in [-0.25, -0.2) is 4.98 Å². The lowest BCUT2D eigenvalue weighted by molar-refractivity contribution is -0.137. The predicted molar refractivity (Wildman–Crippen MR) is 104 cm³/mol. The van der Waals surface area contributed by atoms with Gasteiger partial charge in [0, 0.05) is 25.8 Å². The average Bonchev–Trinajstić information content (AvgIpc) is 2.70. The molecule has 0 unspecified atom stereocenters. The van der Waals surface area contributed by atoms with Gasteiger partial charge in [-0.3, -0.25) is 4.90 Å². The van der Waals surface area contributed by atoms with E-state index in [-0.39, 0.29) is 6.01 Å². The summed E-state index contributed by atoms with van der Waals surface area (Å²) in [6.07, 6.45) is -1.91. The van der Waals surface area contributed by atoms with E-state index in [1.54, 1.807) is 6.20 Å². The van der Waals surface area contributed by atoms with Crippen LogP contribution in [0.4, 0.5) is 13.2 Å². The van der Waals surface area contributed by atoms with Crippen molar-refractivity contribution in [2.24, 2.45) is 0 Å². The summed E-state index contributed by atoms with van der Waals surface area (Å²) < 4.78 is 49.1. The van der Waals surface area contributed by atoms with Crippen LogP contribution < -0.4 is 9.47 Å². The standard InChI is InChI=1S/C21H26F3N3O3/c1-3-29-18-17(13-25-19(26-18)30-4-2)20(28)9-11-27(12-10-20)14-15-5-7-16(8-6-15)21(22,23)24/h5-8,13,28H,3-4,9-12,14H2,1-2H3. The Kier molecular flexibility index (Phi) is 6.82. The Hall–Kier alpha value is -2.39. The number of likely N-dealkylation sites (tertiary alicyclic amines) is 1. The topological polar surface area (TPSA) is 67.7 Å². The maximum atomic E-state index is 12.7. The summed E-state index contributed by atoms with van der Waals surface area (Å²) in [5, 5.41) is 11.2. The first kappa shape index (κ1) is 22.3. The summed E-state index contributed by atoms with van der Waals surface area (Å²) in [5.41, 5.74) is -0.459. The van der Waals surface area contributed by atoms with Crippen LogP contribution in [0, 0.1) is 0 Å². The lowest BCUT2D eigenvalue weighted by Crippen LogP contribution is -2.42. The molecule has 0 atom stereocenters. The van der Waals surface area contributed by atoms with Gasteiger partial charge in [0.25, 0.3) is 0 Å². The molecule has 6 nitrogen and oxygen atoms in total. The molecule has 2 heterocycles. The lowest BCUT2D eigenvalue weighted by Gasteiger charge is -2.38. The van der Waals surface area contributed by atoms with Crippen LogP contribution >= 0.6 is 0 Å². The molecule has 1 aromatic carbocycles. The predicted octanol–water partition coefficient (Wildman–Crippen LogP) is 3.78. The summed E-state index contributed by atoms with van der Waals surface area (Å²) in [6.45, 7) is 6.17. The van der Waals surface area contributed by atoms with E-state index in [1.807, 2.05) is 13.8 Å². The number of nitrogens with zero attached hydrogens (tertiary/aromatic N) is 3. The maximum Gasteiger partial charge on any atom is 0.416 e. The number of hydrogen-bond acceptors (Lipinski definition) is 6. The smallest absolute Gasteiger partial charge is 0.416 e. The molecule has 0 spiro atoms. The van der Waals surface area contributed by atoms with E-state index in [2.05, 4.69) is 14.9 Å². The normalized spacial score (nSPS) is 17.0. The molecule has 1 aliphatic rings. The fourth-order valence-corrected chi connectivity index (χ4v) is 3.52. The van der Waals surface area contributed by atoms with E-state index in [4.69, 9.17) is 9.47 Å². The molecule has 9 heteroatoms. The van der Waals surface area contributed by atoms with Crippen LogP contribution in [0.1, 0.15) is 43.4 Å². The van der Waals surface area contributed by atoms with Crippen molar-refractivity contribution in [3.05, 3.63) is 47.2 Å². The van der Waals surface area contributed by atoms with Gasteiger partial charge in [0.15, 0.2) is 0 Å². The van der Waals surface area contributed by atoms with Crippen LogP contribution in [0.15, 0.2) is 30.5 Å². The van der Waals surface area contributed by atoms with Gasteiger partial charge < -0.3 is 14.6 Å². The zero-order valence-electron chi connectivity index (χ0n) is 17.1. The molecule has 164 valence electrons. The molecule has 1 N–H and O–H groups in total. The number of piperidine rings is 1. The first-order valence-corrected chi connectivity index (χ1v) is 9.99. The van der Waals surface area contributed by atoms with Gasteiger partial charge in [-0.2, -0.15) is 18.2 Å². The number of rotatable bonds is 7. The first-order chi connectivity index (χ1) is 14.2. The van der Waals surface area contributed by atoms with Crippen molar-refractivity contribution >= 4 is 0 Å². The molecular formula is C21H26F3N3O3. The third kappa shape index (κ3) is 5.20. The van der Waals surface area contributed by atoms with Crippen LogP contribution in [-0.2, 0) is 18.3 Å². The second-order valence-electron chi connectivity index (χ2n) is 7.24. The summed E-state index contributed by atoms with van der Waals surface area (Å²) >= 11 is 0. The Bertz CT molecular complexity index is 836. The Morgan fingerprint density at radius 3 is 2.27 bits per heavy atom. The summed E-state index contributed by atoms with van der Waals surface area (Å²) in [6, 6.07) is 5.39. The van der Waals surface area contributed by atoms with Gasteiger partial charge >= 0.3 is 12.2 Å². The maximum absolute atomic E-state index is 12.7. The third-order valence-corrected chi connectivity index (χ3v) is 5.16. The van der Waals surface area contributed by atoms with Gasteiger partial charge in [-0.15, -0.1) is 0 Å². The number of halogens is 3. The van der Waals surface area contributed by atoms with Gasteiger partial charge in [0.2, 0.25) is 5.88 Å². The number of aliphatic hydroxyl groups is 1. The van der Waals surface area contributed by atoms with Crippen LogP contribution in [0.5, 0.6) is 11.9 Å². The van der Waals surface area contributed by atoms with Crippen LogP contribution in [0.2, 0.25) is 0 Å². The molecule has 1 fully saturated rings. The molecule has 0 amide bonds. The van der Waals surface area contributed by atoms with Crippen molar-refractivity contribution in [2.45, 2.75) is 45.0 Å². The van der Waals surface area contributed by atoms with Gasteiger partial charge in [-0.05, 0) is 44.4 Å². The summed E-state index contributed by atoms with van der Waals surface area (Å²) in [4.78, 5) is 10.5. The molecular weight excluding hydrogens is 399 g/mol. The molecule has 1 aromatic heterocycles. The number of hydrogen-bond donors (Lipinski definition) is 1. The Morgan fingerprint density at radius 1 is 1.07 bits per heavy atom. The van der Waals surface area contributed by atoms with Crippen molar-refractivity contribution < 1.29 is 27.8 Å².